The minimum atomic E-state index is -4.70. The number of fused-ring (bicyclic) bond motifs is 1. The molecule has 4 aliphatic heterocycles. The zero-order valence-electron chi connectivity index (χ0n) is 39.2. The van der Waals surface area contributed by atoms with Crippen molar-refractivity contribution in [2.45, 2.75) is 77.4 Å². The Morgan fingerprint density at radius 3 is 2.51 bits per heavy atom. The lowest BCUT2D eigenvalue weighted by Gasteiger charge is -2.36. The van der Waals surface area contributed by atoms with Crippen molar-refractivity contribution in [3.8, 4) is 0 Å². The van der Waals surface area contributed by atoms with Gasteiger partial charge in [-0.05, 0) is 90.0 Å². The normalized spacial score (nSPS) is 18.6. The number of unbranched alkanes of at least 4 members (excludes halogenated alkanes) is 1. The summed E-state index contributed by atoms with van der Waals surface area (Å²) in [7, 11) is 3.52. The molecular formula is C52H61F3N10O3. The van der Waals surface area contributed by atoms with E-state index in [0.29, 0.717) is 56.8 Å². The molecule has 8 rings (SSSR count). The van der Waals surface area contributed by atoms with Gasteiger partial charge in [0.05, 0.1) is 30.5 Å². The molecule has 16 heteroatoms. The van der Waals surface area contributed by atoms with Gasteiger partial charge in [-0.2, -0.15) is 13.2 Å². The molecule has 0 radical (unpaired) electrons. The van der Waals surface area contributed by atoms with Crippen molar-refractivity contribution in [2.24, 2.45) is 7.05 Å². The van der Waals surface area contributed by atoms with Gasteiger partial charge in [0, 0.05) is 102 Å². The van der Waals surface area contributed by atoms with Crippen LogP contribution in [-0.4, -0.2) is 112 Å². The molecule has 0 spiro atoms. The summed E-state index contributed by atoms with van der Waals surface area (Å²) >= 11 is 0. The summed E-state index contributed by atoms with van der Waals surface area (Å²) in [6, 6.07) is 22.5. The van der Waals surface area contributed by atoms with E-state index < -0.39 is 11.7 Å². The summed E-state index contributed by atoms with van der Waals surface area (Å²) in [5, 5.41) is 9.92. The molecule has 5 heterocycles. The number of carbonyl (C=O) groups is 2. The van der Waals surface area contributed by atoms with Crippen LogP contribution in [0.4, 0.5) is 24.5 Å². The van der Waals surface area contributed by atoms with E-state index >= 15 is 0 Å². The lowest BCUT2D eigenvalue weighted by atomic mass is 10.0. The Morgan fingerprint density at radius 2 is 1.79 bits per heavy atom. The van der Waals surface area contributed by atoms with Gasteiger partial charge in [0.25, 0.3) is 0 Å². The Hall–Kier alpha value is -6.45. The summed E-state index contributed by atoms with van der Waals surface area (Å²) in [5.74, 6) is 0.767. The molecule has 4 aromatic rings. The summed E-state index contributed by atoms with van der Waals surface area (Å²) in [5.41, 5.74) is 13.4. The number of aryl methyl sites for hydroxylation is 1. The predicted octanol–water partition coefficient (Wildman–Crippen LogP) is 7.69. The third-order valence-corrected chi connectivity index (χ3v) is 13.1. The third kappa shape index (κ3) is 11.8. The number of hydrogen-bond donors (Lipinski definition) is 1. The molecule has 0 bridgehead atoms. The maximum absolute atomic E-state index is 14.7. The van der Waals surface area contributed by atoms with Crippen LogP contribution in [0.3, 0.4) is 0 Å². The number of benzene rings is 3. The van der Waals surface area contributed by atoms with Crippen molar-refractivity contribution in [3.63, 3.8) is 0 Å². The number of alkyl halides is 3. The van der Waals surface area contributed by atoms with Gasteiger partial charge in [-0.25, -0.2) is 0 Å². The number of carbonyl (C=O) groups excluding carboxylic acids is 2. The van der Waals surface area contributed by atoms with Crippen molar-refractivity contribution >= 4 is 29.4 Å². The minimum Gasteiger partial charge on any atom is -0.372 e. The average Bonchev–Trinajstić information content (AvgIpc) is 3.91. The quantitative estimate of drug-likeness (QED) is 0.0838. The second-order valence-corrected chi connectivity index (χ2v) is 18.1. The van der Waals surface area contributed by atoms with E-state index in [4.69, 9.17) is 4.74 Å². The number of anilines is 2. The van der Waals surface area contributed by atoms with Crippen LogP contribution in [0.2, 0.25) is 0 Å². The van der Waals surface area contributed by atoms with Crippen LogP contribution in [0.5, 0.6) is 0 Å². The van der Waals surface area contributed by atoms with Crippen LogP contribution in [0.1, 0.15) is 72.7 Å². The van der Waals surface area contributed by atoms with Crippen molar-refractivity contribution in [1.82, 2.24) is 39.9 Å². The number of piperazine rings is 1. The van der Waals surface area contributed by atoms with Crippen LogP contribution in [-0.2, 0) is 47.5 Å². The largest absolute Gasteiger partial charge is 0.418 e. The summed E-state index contributed by atoms with van der Waals surface area (Å²) in [6.07, 6.45) is 5.82. The highest BCUT2D eigenvalue weighted by Gasteiger charge is 2.40. The molecule has 0 aliphatic carbocycles. The van der Waals surface area contributed by atoms with Gasteiger partial charge in [0.2, 0.25) is 12.3 Å². The van der Waals surface area contributed by atoms with Crippen LogP contribution in [0.15, 0.2) is 121 Å². The van der Waals surface area contributed by atoms with Crippen LogP contribution in [0, 0.1) is 0 Å². The number of nitrogens with one attached hydrogen (secondary N) is 1. The molecule has 1 aromatic heterocycles. The number of ether oxygens (including phenoxy) is 1. The highest BCUT2D eigenvalue weighted by Crippen LogP contribution is 2.38. The van der Waals surface area contributed by atoms with Crippen LogP contribution < -0.4 is 15.2 Å². The molecule has 4 aliphatic rings. The van der Waals surface area contributed by atoms with E-state index in [1.54, 1.807) is 24.3 Å². The molecule has 1 N–H and O–H groups in total. The van der Waals surface area contributed by atoms with E-state index in [1.165, 1.54) is 23.7 Å². The fourth-order valence-corrected chi connectivity index (χ4v) is 9.31. The molecule has 3 aromatic carbocycles. The van der Waals surface area contributed by atoms with Crippen molar-refractivity contribution < 1.29 is 27.5 Å². The molecule has 2 saturated heterocycles. The maximum Gasteiger partial charge on any atom is 0.418 e. The molecule has 2 fully saturated rings. The topological polar surface area (TPSA) is 106 Å². The van der Waals surface area contributed by atoms with Gasteiger partial charge in [0.15, 0.2) is 0 Å². The Morgan fingerprint density at radius 1 is 1.00 bits per heavy atom. The molecule has 68 heavy (non-hydrogen) atoms. The Labute approximate surface area is 397 Å². The highest BCUT2D eigenvalue weighted by molar-refractivity contribution is 5.79. The van der Waals surface area contributed by atoms with E-state index in [9.17, 15) is 22.8 Å². The molecule has 2 amide bonds. The second kappa shape index (κ2) is 21.7. The number of amides is 2. The summed E-state index contributed by atoms with van der Waals surface area (Å²) < 4.78 is 52.3. The van der Waals surface area contributed by atoms with Crippen molar-refractivity contribution in [1.29, 1.82) is 0 Å². The Bertz CT molecular complexity index is 2570. The van der Waals surface area contributed by atoms with Gasteiger partial charge in [0.1, 0.15) is 17.8 Å². The monoisotopic (exact) mass is 930 g/mol. The van der Waals surface area contributed by atoms with Crippen LogP contribution >= 0.6 is 0 Å². The average molecular weight is 931 g/mol. The van der Waals surface area contributed by atoms with Crippen LogP contribution in [0.25, 0.3) is 5.70 Å². The number of hydrogen-bond acceptors (Lipinski definition) is 10. The maximum atomic E-state index is 14.7. The second-order valence-electron chi connectivity index (χ2n) is 18.1. The Balaban J connectivity index is 0.808. The van der Waals surface area contributed by atoms with Gasteiger partial charge in [-0.3, -0.25) is 34.7 Å². The van der Waals surface area contributed by atoms with E-state index in [2.05, 4.69) is 92.0 Å². The zero-order valence-corrected chi connectivity index (χ0v) is 39.2. The lowest BCUT2D eigenvalue weighted by Crippen LogP contribution is -2.46. The zero-order chi connectivity index (χ0) is 47.8. The smallest absolute Gasteiger partial charge is 0.372 e. The fourth-order valence-electron chi connectivity index (χ4n) is 9.31. The SMILES string of the molecule is C=C=C1c2ccc(N3CCN(Cc4ccc(COC5CCCN(CC6=CN(C=O)/C(=C\N(C)c7cccc(Cc8nncn8C)c7)C(C(F)(F)F)=C6)C5)cc4)CC3)cc2CN1NC(=O)CCCC. The highest BCUT2D eigenvalue weighted by atomic mass is 19.4. The van der Waals surface area contributed by atoms with Gasteiger partial charge < -0.3 is 19.1 Å². The number of hydrazine groups is 1. The molecule has 1 unspecified atom stereocenters. The van der Waals surface area contributed by atoms with E-state index in [0.717, 1.165) is 103 Å². The minimum absolute atomic E-state index is 0.0107. The fraction of sp³-hybridized carbons (Fsp3) is 0.404. The standard InChI is InChI=1S/C52H61F3N10O3/c1-5-7-13-51(67)58-65-32-42-28-44(18-19-46(42)48(65)6-2)63-23-21-61(22-24-63)29-38-14-16-39(17-15-38)35-68-45-12-9-20-62(33-45)30-41-26-47(52(53,54)55)49(64(31-41)37-66)34-59(3)43-11-8-10-40(25-43)27-50-57-56-36-60(50)4/h8,10-11,14-19,25-26,28,31,34,36-37,45H,2,5,7,9,12-13,20-24,27,29-30,32-33,35H2,1,3-4H3,(H,58,67)/b49-34-. The number of piperidine rings is 1. The number of halogens is 3. The van der Waals surface area contributed by atoms with Gasteiger partial charge in [-0.15, -0.1) is 15.9 Å². The first-order chi connectivity index (χ1) is 32.9. The van der Waals surface area contributed by atoms with Gasteiger partial charge in [-0.1, -0.05) is 56.3 Å². The Kier molecular flexibility index (Phi) is 15.3. The van der Waals surface area contributed by atoms with Gasteiger partial charge >= 0.3 is 6.18 Å². The number of rotatable bonds is 17. The molecule has 358 valence electrons. The number of nitrogens with zero attached hydrogens (tertiary/aromatic N) is 9. The first-order valence-corrected chi connectivity index (χ1v) is 23.5. The summed E-state index contributed by atoms with van der Waals surface area (Å²) in [4.78, 5) is 34.4. The van der Waals surface area contributed by atoms with Crippen molar-refractivity contribution in [3.05, 3.63) is 154 Å². The molecule has 1 atom stereocenters. The van der Waals surface area contributed by atoms with Crippen molar-refractivity contribution in [2.75, 3.05) is 62.7 Å². The number of aromatic nitrogens is 3. The number of likely N-dealkylation sites (tertiary alicyclic amines) is 1. The summed E-state index contributed by atoms with van der Waals surface area (Å²) in [6.45, 7) is 13.1. The molecule has 0 saturated carbocycles. The first kappa shape index (κ1) is 48.0. The lowest BCUT2D eigenvalue weighted by molar-refractivity contribution is -0.124. The molecule has 13 nitrogen and oxygen atoms in total. The first-order valence-electron chi connectivity index (χ1n) is 23.5. The predicted molar refractivity (Wildman–Crippen MR) is 257 cm³/mol. The number of allylic oxidation sites excluding steroid dienone is 1. The molecular weight excluding hydrogens is 870 g/mol. The van der Waals surface area contributed by atoms with E-state index in [-0.39, 0.29) is 24.3 Å². The van der Waals surface area contributed by atoms with E-state index in [1.807, 2.05) is 34.8 Å². The third-order valence-electron chi connectivity index (χ3n) is 13.1.